The maximum absolute atomic E-state index is 12.4. The van der Waals surface area contributed by atoms with Crippen molar-refractivity contribution in [1.82, 2.24) is 10.6 Å². The Bertz CT molecular complexity index is 486. The Hall–Kier alpha value is -1.83. The normalized spacial score (nSPS) is 10.3. The molecule has 0 atom stereocenters. The molecule has 0 aliphatic heterocycles. The number of anilines is 1. The monoisotopic (exact) mass is 317 g/mol. The lowest BCUT2D eigenvalue weighted by molar-refractivity contribution is -0.120. The molecule has 0 unspecified atom stereocenters. The molecular weight excluding hydrogens is 300 g/mol. The fraction of sp³-hybridized carbons (Fsp3) is 0.385. The molecule has 1 aromatic rings. The Morgan fingerprint density at radius 2 is 1.95 bits per heavy atom. The average Bonchev–Trinajstić information content (AvgIpc) is 2.44. The van der Waals surface area contributed by atoms with Crippen LogP contribution < -0.4 is 16.0 Å². The van der Waals surface area contributed by atoms with Gasteiger partial charge in [-0.25, -0.2) is 4.79 Å². The molecule has 0 aliphatic rings. The highest BCUT2D eigenvalue weighted by Gasteiger charge is 2.12. The molecule has 0 saturated heterocycles. The van der Waals surface area contributed by atoms with E-state index in [-0.39, 0.29) is 23.0 Å². The van der Waals surface area contributed by atoms with Gasteiger partial charge < -0.3 is 16.0 Å². The fourth-order valence-electron chi connectivity index (χ4n) is 1.42. The molecule has 0 fully saturated rings. The summed E-state index contributed by atoms with van der Waals surface area (Å²) in [5, 5.41) is 7.41. The zero-order valence-corrected chi connectivity index (χ0v) is 12.3. The summed E-state index contributed by atoms with van der Waals surface area (Å²) in [4.78, 5) is 23.2. The largest absolute Gasteiger partial charge is 0.355 e. The van der Waals surface area contributed by atoms with Crippen LogP contribution >= 0.6 is 11.8 Å². The van der Waals surface area contributed by atoms with Crippen LogP contribution in [-0.2, 0) is 4.79 Å². The maximum Gasteiger partial charge on any atom is 0.319 e. The van der Waals surface area contributed by atoms with Crippen LogP contribution in [0.2, 0.25) is 0 Å². The van der Waals surface area contributed by atoms with Gasteiger partial charge in [-0.1, -0.05) is 30.8 Å². The van der Waals surface area contributed by atoms with E-state index in [1.54, 1.807) is 12.1 Å². The lowest BCUT2D eigenvalue weighted by Gasteiger charge is -2.11. The van der Waals surface area contributed by atoms with E-state index in [0.29, 0.717) is 18.3 Å². The quantitative estimate of drug-likeness (QED) is 0.677. The van der Waals surface area contributed by atoms with Gasteiger partial charge in [0.15, 0.2) is 0 Å². The van der Waals surface area contributed by atoms with E-state index in [1.807, 2.05) is 6.92 Å². The van der Waals surface area contributed by atoms with Gasteiger partial charge >= 0.3 is 6.03 Å². The second-order valence-electron chi connectivity index (χ2n) is 4.03. The number of carbonyl (C=O) groups excluding carboxylic acids is 2. The van der Waals surface area contributed by atoms with E-state index in [1.165, 1.54) is 12.1 Å². The predicted molar refractivity (Wildman–Crippen MR) is 78.6 cm³/mol. The molecule has 3 N–H and O–H groups in total. The van der Waals surface area contributed by atoms with Gasteiger partial charge in [-0.15, -0.1) is 0 Å². The van der Waals surface area contributed by atoms with Crippen LogP contribution in [0.15, 0.2) is 29.2 Å². The molecule has 0 aliphatic carbocycles. The van der Waals surface area contributed by atoms with Gasteiger partial charge in [-0.05, 0) is 18.6 Å². The summed E-state index contributed by atoms with van der Waals surface area (Å²) >= 11 is 0.347. The van der Waals surface area contributed by atoms with E-state index >= 15 is 0 Å². The number of para-hydroxylation sites is 1. The minimum absolute atomic E-state index is 0.171. The minimum atomic E-state index is -2.57. The summed E-state index contributed by atoms with van der Waals surface area (Å²) < 4.78 is 24.8. The van der Waals surface area contributed by atoms with Crippen molar-refractivity contribution in [2.75, 3.05) is 18.4 Å². The van der Waals surface area contributed by atoms with Gasteiger partial charge in [0.25, 0.3) is 5.76 Å². The first-order chi connectivity index (χ1) is 10.0. The van der Waals surface area contributed by atoms with Gasteiger partial charge in [-0.3, -0.25) is 4.79 Å². The van der Waals surface area contributed by atoms with Gasteiger partial charge in [-0.2, -0.15) is 8.78 Å². The van der Waals surface area contributed by atoms with Crippen LogP contribution in [-0.4, -0.2) is 30.8 Å². The van der Waals surface area contributed by atoms with E-state index in [0.717, 1.165) is 6.42 Å². The smallest absolute Gasteiger partial charge is 0.319 e. The third-order valence-electron chi connectivity index (χ3n) is 2.33. The summed E-state index contributed by atoms with van der Waals surface area (Å²) in [6.45, 7) is 2.28. The first kappa shape index (κ1) is 17.2. The number of amides is 3. The van der Waals surface area contributed by atoms with Gasteiger partial charge in [0.1, 0.15) is 0 Å². The van der Waals surface area contributed by atoms with E-state index in [2.05, 4.69) is 16.0 Å². The average molecular weight is 317 g/mol. The number of halogens is 2. The van der Waals surface area contributed by atoms with Crippen LogP contribution in [0.25, 0.3) is 0 Å². The third-order valence-corrected chi connectivity index (χ3v) is 3.12. The Balaban J connectivity index is 2.49. The number of hydrogen-bond donors (Lipinski definition) is 3. The molecule has 0 spiro atoms. The molecule has 0 radical (unpaired) electrons. The molecule has 0 bridgehead atoms. The lowest BCUT2D eigenvalue weighted by atomic mass is 10.3. The fourth-order valence-corrected chi connectivity index (χ4v) is 2.02. The molecule has 3 amide bonds. The van der Waals surface area contributed by atoms with Crippen molar-refractivity contribution < 1.29 is 18.4 Å². The zero-order valence-electron chi connectivity index (χ0n) is 11.5. The van der Waals surface area contributed by atoms with E-state index in [9.17, 15) is 18.4 Å². The van der Waals surface area contributed by atoms with Crippen molar-refractivity contribution in [2.24, 2.45) is 0 Å². The summed E-state index contributed by atoms with van der Waals surface area (Å²) in [5.74, 6) is -2.88. The Morgan fingerprint density at radius 1 is 1.24 bits per heavy atom. The second kappa shape index (κ2) is 9.17. The van der Waals surface area contributed by atoms with Crippen molar-refractivity contribution in [3.63, 3.8) is 0 Å². The minimum Gasteiger partial charge on any atom is -0.355 e. The van der Waals surface area contributed by atoms with Gasteiger partial charge in [0.2, 0.25) is 5.91 Å². The van der Waals surface area contributed by atoms with Crippen molar-refractivity contribution >= 4 is 29.4 Å². The zero-order chi connectivity index (χ0) is 15.7. The number of hydrogen-bond acceptors (Lipinski definition) is 3. The molecule has 5 nitrogen and oxygen atoms in total. The van der Waals surface area contributed by atoms with Gasteiger partial charge in [0.05, 0.1) is 12.2 Å². The van der Waals surface area contributed by atoms with Crippen LogP contribution in [0.4, 0.5) is 19.3 Å². The predicted octanol–water partition coefficient (Wildman–Crippen LogP) is 2.65. The number of rotatable bonds is 7. The molecule has 116 valence electrons. The van der Waals surface area contributed by atoms with Crippen molar-refractivity contribution in [3.8, 4) is 0 Å². The summed E-state index contributed by atoms with van der Waals surface area (Å²) in [6, 6.07) is 5.61. The van der Waals surface area contributed by atoms with E-state index in [4.69, 9.17) is 0 Å². The second-order valence-corrected chi connectivity index (χ2v) is 5.06. The van der Waals surface area contributed by atoms with Crippen LogP contribution in [0.1, 0.15) is 13.3 Å². The SMILES string of the molecule is CCCNC(=O)CNC(=O)Nc1ccccc1SC(F)F. The Kier molecular flexibility index (Phi) is 7.52. The number of urea groups is 1. The highest BCUT2D eigenvalue weighted by Crippen LogP contribution is 2.31. The molecule has 0 heterocycles. The summed E-state index contributed by atoms with van der Waals surface area (Å²) in [5.41, 5.74) is 0.272. The first-order valence-corrected chi connectivity index (χ1v) is 7.26. The van der Waals surface area contributed by atoms with Crippen molar-refractivity contribution in [1.29, 1.82) is 0 Å². The highest BCUT2D eigenvalue weighted by atomic mass is 32.2. The van der Waals surface area contributed by atoms with Crippen molar-refractivity contribution in [2.45, 2.75) is 24.0 Å². The number of nitrogens with one attached hydrogen (secondary N) is 3. The molecular formula is C13H17F2N3O2S. The number of thioether (sulfide) groups is 1. The van der Waals surface area contributed by atoms with E-state index < -0.39 is 11.8 Å². The lowest BCUT2D eigenvalue weighted by Crippen LogP contribution is -2.39. The number of benzene rings is 1. The van der Waals surface area contributed by atoms with Crippen LogP contribution in [0, 0.1) is 0 Å². The number of carbonyl (C=O) groups is 2. The Morgan fingerprint density at radius 3 is 2.62 bits per heavy atom. The van der Waals surface area contributed by atoms with Crippen LogP contribution in [0.3, 0.4) is 0 Å². The summed E-state index contributed by atoms with van der Waals surface area (Å²) in [7, 11) is 0. The molecule has 1 aromatic carbocycles. The molecule has 21 heavy (non-hydrogen) atoms. The van der Waals surface area contributed by atoms with Crippen LogP contribution in [0.5, 0.6) is 0 Å². The molecule has 8 heteroatoms. The summed E-state index contributed by atoms with van der Waals surface area (Å²) in [6.07, 6.45) is 0.802. The third kappa shape index (κ3) is 6.94. The first-order valence-electron chi connectivity index (χ1n) is 6.38. The van der Waals surface area contributed by atoms with Crippen molar-refractivity contribution in [3.05, 3.63) is 24.3 Å². The molecule has 0 saturated carbocycles. The molecule has 0 aromatic heterocycles. The highest BCUT2D eigenvalue weighted by molar-refractivity contribution is 7.99. The molecule has 1 rings (SSSR count). The number of alkyl halides is 2. The van der Waals surface area contributed by atoms with Gasteiger partial charge in [0, 0.05) is 11.4 Å². The standard InChI is InChI=1S/C13H17F2N3O2S/c1-2-7-16-11(19)8-17-13(20)18-9-5-3-4-6-10(9)21-12(14)15/h3-6,12H,2,7-8H2,1H3,(H,16,19)(H2,17,18,20). The maximum atomic E-state index is 12.4. The topological polar surface area (TPSA) is 70.2 Å². The Labute approximate surface area is 125 Å².